The standard InChI is InChI=1S/C26H20N4/c1-29-23-12-5-3-10-21(23)27-25(29)18-14-15-19-17(16-18)8-7-9-20(19)26-28-22-11-4-6-13-24(22)30(26)2/h3-16H,1-2H3/p+1. The Morgan fingerprint density at radius 2 is 1.70 bits per heavy atom. The zero-order valence-electron chi connectivity index (χ0n) is 16.9. The Hall–Kier alpha value is -3.92. The highest BCUT2D eigenvalue weighted by molar-refractivity contribution is 5.97. The summed E-state index contributed by atoms with van der Waals surface area (Å²) in [4.78, 5) is 8.46. The normalized spacial score (nSPS) is 11.7. The van der Waals surface area contributed by atoms with Gasteiger partial charge in [0.25, 0.3) is 5.82 Å². The second kappa shape index (κ2) is 6.29. The minimum atomic E-state index is 0.986. The molecule has 0 fully saturated rings. The maximum absolute atomic E-state index is 4.87. The minimum absolute atomic E-state index is 0.986. The van der Waals surface area contributed by atoms with Crippen LogP contribution in [0.5, 0.6) is 0 Å². The van der Waals surface area contributed by atoms with E-state index >= 15 is 0 Å². The molecule has 0 spiro atoms. The number of nitrogens with zero attached hydrogens (tertiary/aromatic N) is 3. The Balaban J connectivity index is 1.55. The van der Waals surface area contributed by atoms with Crippen molar-refractivity contribution in [3.8, 4) is 22.8 Å². The number of H-pyrrole nitrogens is 1. The summed E-state index contributed by atoms with van der Waals surface area (Å²) >= 11 is 0. The van der Waals surface area contributed by atoms with Crippen molar-refractivity contribution in [1.29, 1.82) is 0 Å². The maximum Gasteiger partial charge on any atom is 0.288 e. The van der Waals surface area contributed by atoms with Crippen molar-refractivity contribution in [2.45, 2.75) is 0 Å². The molecule has 0 saturated carbocycles. The number of nitrogens with one attached hydrogen (secondary N) is 1. The van der Waals surface area contributed by atoms with Gasteiger partial charge in [0.2, 0.25) is 0 Å². The van der Waals surface area contributed by atoms with Gasteiger partial charge in [0.05, 0.1) is 23.6 Å². The van der Waals surface area contributed by atoms with Crippen LogP contribution in [-0.2, 0) is 14.1 Å². The van der Waals surface area contributed by atoms with Gasteiger partial charge >= 0.3 is 0 Å². The highest BCUT2D eigenvalue weighted by atomic mass is 15.1. The molecular formula is C26H21N4+. The molecule has 4 heteroatoms. The van der Waals surface area contributed by atoms with Crippen molar-refractivity contribution in [2.75, 3.05) is 0 Å². The Morgan fingerprint density at radius 1 is 0.867 bits per heavy atom. The van der Waals surface area contributed by atoms with Gasteiger partial charge in [-0.25, -0.2) is 14.5 Å². The summed E-state index contributed by atoms with van der Waals surface area (Å²) in [5, 5.41) is 2.43. The fraction of sp³-hybridized carbons (Fsp3) is 0.0769. The van der Waals surface area contributed by atoms with E-state index in [0.29, 0.717) is 0 Å². The number of aryl methyl sites for hydroxylation is 2. The molecule has 30 heavy (non-hydrogen) atoms. The third kappa shape index (κ3) is 2.40. The lowest BCUT2D eigenvalue weighted by Gasteiger charge is -2.07. The minimum Gasteiger partial charge on any atom is -0.327 e. The van der Waals surface area contributed by atoms with Crippen molar-refractivity contribution < 1.29 is 4.57 Å². The predicted molar refractivity (Wildman–Crippen MR) is 122 cm³/mol. The van der Waals surface area contributed by atoms with Crippen molar-refractivity contribution in [3.63, 3.8) is 0 Å². The first-order chi connectivity index (χ1) is 14.7. The summed E-state index contributed by atoms with van der Waals surface area (Å²) < 4.78 is 4.39. The second-order valence-corrected chi connectivity index (χ2v) is 7.77. The van der Waals surface area contributed by atoms with Crippen LogP contribution in [0.1, 0.15) is 0 Å². The van der Waals surface area contributed by atoms with E-state index in [9.17, 15) is 0 Å². The number of benzene rings is 4. The molecule has 0 saturated heterocycles. The van der Waals surface area contributed by atoms with E-state index in [4.69, 9.17) is 4.98 Å². The van der Waals surface area contributed by atoms with Crippen LogP contribution >= 0.6 is 0 Å². The van der Waals surface area contributed by atoms with Crippen LogP contribution in [0.2, 0.25) is 0 Å². The molecule has 0 aliphatic carbocycles. The van der Waals surface area contributed by atoms with Crippen LogP contribution in [0.4, 0.5) is 0 Å². The molecule has 0 unspecified atom stereocenters. The fourth-order valence-corrected chi connectivity index (χ4v) is 4.48. The maximum atomic E-state index is 4.87. The van der Waals surface area contributed by atoms with E-state index in [1.54, 1.807) is 0 Å². The summed E-state index contributed by atoms with van der Waals surface area (Å²) in [6.45, 7) is 0. The van der Waals surface area contributed by atoms with Gasteiger partial charge in [-0.2, -0.15) is 0 Å². The Labute approximate surface area is 174 Å². The first-order valence-electron chi connectivity index (χ1n) is 10.1. The topological polar surface area (TPSA) is 37.5 Å². The zero-order valence-corrected chi connectivity index (χ0v) is 16.9. The molecule has 6 rings (SSSR count). The van der Waals surface area contributed by atoms with E-state index in [1.807, 2.05) is 6.07 Å². The highest BCUT2D eigenvalue weighted by Crippen LogP contribution is 2.31. The van der Waals surface area contributed by atoms with E-state index in [2.05, 4.69) is 107 Å². The molecule has 6 aromatic rings. The van der Waals surface area contributed by atoms with Gasteiger partial charge in [0.15, 0.2) is 11.0 Å². The summed E-state index contributed by atoms with van der Waals surface area (Å²) in [7, 11) is 4.19. The zero-order chi connectivity index (χ0) is 20.2. The van der Waals surface area contributed by atoms with Crippen LogP contribution in [0.3, 0.4) is 0 Å². The van der Waals surface area contributed by atoms with Gasteiger partial charge < -0.3 is 4.57 Å². The number of aromatic nitrogens is 4. The molecule has 144 valence electrons. The first kappa shape index (κ1) is 17.0. The Bertz CT molecular complexity index is 1570. The first-order valence-corrected chi connectivity index (χ1v) is 10.1. The van der Waals surface area contributed by atoms with Crippen molar-refractivity contribution >= 4 is 32.8 Å². The lowest BCUT2D eigenvalue weighted by Crippen LogP contribution is -2.29. The highest BCUT2D eigenvalue weighted by Gasteiger charge is 2.19. The average molecular weight is 389 g/mol. The van der Waals surface area contributed by atoms with Gasteiger partial charge in [-0.3, -0.25) is 0 Å². The van der Waals surface area contributed by atoms with Crippen LogP contribution < -0.4 is 4.57 Å². The lowest BCUT2D eigenvalue weighted by atomic mass is 10.0. The van der Waals surface area contributed by atoms with Gasteiger partial charge in [0, 0.05) is 12.6 Å². The number of fused-ring (bicyclic) bond motifs is 3. The quantitative estimate of drug-likeness (QED) is 0.397. The summed E-state index contributed by atoms with van der Waals surface area (Å²) in [6.07, 6.45) is 0. The Morgan fingerprint density at radius 3 is 2.57 bits per heavy atom. The molecule has 1 N–H and O–H groups in total. The molecule has 0 bridgehead atoms. The molecule has 0 aliphatic rings. The molecule has 0 atom stereocenters. The Kier molecular flexibility index (Phi) is 3.56. The molecule has 0 amide bonds. The lowest BCUT2D eigenvalue weighted by molar-refractivity contribution is -0.633. The number of hydrogen-bond acceptors (Lipinski definition) is 1. The predicted octanol–water partition coefficient (Wildman–Crippen LogP) is 5.37. The number of aromatic amines is 1. The largest absolute Gasteiger partial charge is 0.327 e. The van der Waals surface area contributed by atoms with Crippen LogP contribution in [0.25, 0.3) is 55.6 Å². The third-order valence-electron chi connectivity index (χ3n) is 6.03. The van der Waals surface area contributed by atoms with Crippen molar-refractivity contribution in [1.82, 2.24) is 14.5 Å². The van der Waals surface area contributed by atoms with Gasteiger partial charge in [-0.1, -0.05) is 48.5 Å². The van der Waals surface area contributed by atoms with Gasteiger partial charge in [-0.05, 0) is 47.2 Å². The molecule has 4 aromatic carbocycles. The monoisotopic (exact) mass is 389 g/mol. The van der Waals surface area contributed by atoms with Crippen molar-refractivity contribution in [3.05, 3.63) is 84.9 Å². The van der Waals surface area contributed by atoms with E-state index in [-0.39, 0.29) is 0 Å². The van der Waals surface area contributed by atoms with Crippen LogP contribution in [0, 0.1) is 0 Å². The molecule has 0 radical (unpaired) electrons. The smallest absolute Gasteiger partial charge is 0.288 e. The fourth-order valence-electron chi connectivity index (χ4n) is 4.48. The summed E-state index contributed by atoms with van der Waals surface area (Å²) in [6, 6.07) is 29.8. The summed E-state index contributed by atoms with van der Waals surface area (Å²) in [5.74, 6) is 2.09. The van der Waals surface area contributed by atoms with Crippen molar-refractivity contribution in [2.24, 2.45) is 14.1 Å². The number of hydrogen-bond donors (Lipinski definition) is 1. The van der Waals surface area contributed by atoms with Gasteiger partial charge in [-0.15, -0.1) is 0 Å². The number of imidazole rings is 2. The molecular weight excluding hydrogens is 368 g/mol. The number of para-hydroxylation sites is 4. The SMILES string of the molecule is Cn1c(-c2ccc3c(-c4[nH]c5ccccc5[n+]4C)cccc3c2)nc2ccccc21. The van der Waals surface area contributed by atoms with E-state index < -0.39 is 0 Å². The van der Waals surface area contributed by atoms with Gasteiger partial charge in [0.1, 0.15) is 5.82 Å². The number of rotatable bonds is 2. The second-order valence-electron chi connectivity index (χ2n) is 7.77. The van der Waals surface area contributed by atoms with E-state index in [0.717, 1.165) is 33.8 Å². The molecule has 2 heterocycles. The van der Waals surface area contributed by atoms with Crippen LogP contribution in [-0.4, -0.2) is 14.5 Å². The molecule has 2 aromatic heterocycles. The average Bonchev–Trinajstić information content (AvgIpc) is 3.30. The third-order valence-corrected chi connectivity index (χ3v) is 6.03. The summed E-state index contributed by atoms with van der Waals surface area (Å²) in [5.41, 5.74) is 6.83. The molecule has 0 aliphatic heterocycles. The van der Waals surface area contributed by atoms with E-state index in [1.165, 1.54) is 21.9 Å². The van der Waals surface area contributed by atoms with Crippen LogP contribution in [0.15, 0.2) is 84.9 Å². The molecule has 4 nitrogen and oxygen atoms in total.